The minimum Gasteiger partial charge on any atom is -0.481 e. The van der Waals surface area contributed by atoms with Crippen LogP contribution in [0.3, 0.4) is 0 Å². The quantitative estimate of drug-likeness (QED) is 0.799. The summed E-state index contributed by atoms with van der Waals surface area (Å²) in [6.07, 6.45) is 0.549. The number of carboxylic acid groups (broad SMARTS) is 1. The molecule has 0 saturated heterocycles. The molecule has 2 N–H and O–H groups in total. The summed E-state index contributed by atoms with van der Waals surface area (Å²) >= 11 is 0. The molecule has 3 heteroatoms. The van der Waals surface area contributed by atoms with Gasteiger partial charge in [0.05, 0.1) is 11.5 Å². The van der Waals surface area contributed by atoms with Gasteiger partial charge in [0.1, 0.15) is 0 Å². The first kappa shape index (κ1) is 11.1. The molecule has 16 heavy (non-hydrogen) atoms. The number of benzene rings is 1. The van der Waals surface area contributed by atoms with Crippen LogP contribution in [0, 0.1) is 5.92 Å². The Balaban J connectivity index is 2.50. The monoisotopic (exact) mass is 220 g/mol. The molecule has 0 heterocycles. The fraction of sp³-hybridized carbons (Fsp3) is 0.462. The van der Waals surface area contributed by atoms with Crippen LogP contribution in [0.25, 0.3) is 0 Å². The van der Waals surface area contributed by atoms with Crippen molar-refractivity contribution < 1.29 is 15.0 Å². The van der Waals surface area contributed by atoms with Crippen LogP contribution in [-0.4, -0.2) is 22.3 Å². The van der Waals surface area contributed by atoms with Crippen molar-refractivity contribution in [2.24, 2.45) is 5.92 Å². The Labute approximate surface area is 94.7 Å². The van der Waals surface area contributed by atoms with Gasteiger partial charge in [0, 0.05) is 5.92 Å². The van der Waals surface area contributed by atoms with E-state index in [1.165, 1.54) is 0 Å². The molecule has 2 rings (SSSR count). The second-order valence-electron chi connectivity index (χ2n) is 4.54. The van der Waals surface area contributed by atoms with Crippen molar-refractivity contribution in [2.45, 2.75) is 31.3 Å². The number of aliphatic hydroxyl groups is 1. The van der Waals surface area contributed by atoms with Gasteiger partial charge in [0.25, 0.3) is 0 Å². The average Bonchev–Trinajstić information content (AvgIpc) is 2.59. The molecular formula is C13H16O3. The minimum absolute atomic E-state index is 0.243. The number of carbonyl (C=O) groups is 1. The lowest BCUT2D eigenvalue weighted by Crippen LogP contribution is -2.40. The smallest absolute Gasteiger partial charge is 0.314 e. The van der Waals surface area contributed by atoms with E-state index in [9.17, 15) is 15.0 Å². The Morgan fingerprint density at radius 2 is 2.00 bits per heavy atom. The lowest BCUT2D eigenvalue weighted by Gasteiger charge is -2.30. The van der Waals surface area contributed by atoms with E-state index in [4.69, 9.17) is 0 Å². The summed E-state index contributed by atoms with van der Waals surface area (Å²) in [6.45, 7) is 1.82. The normalized spacial score (nSPS) is 33.9. The van der Waals surface area contributed by atoms with Gasteiger partial charge in [0.15, 0.2) is 0 Å². The molecule has 0 aromatic heterocycles. The van der Waals surface area contributed by atoms with Gasteiger partial charge in [-0.25, -0.2) is 0 Å². The first-order valence-corrected chi connectivity index (χ1v) is 5.56. The van der Waals surface area contributed by atoms with E-state index >= 15 is 0 Å². The Hall–Kier alpha value is -1.35. The van der Waals surface area contributed by atoms with Gasteiger partial charge in [-0.3, -0.25) is 4.79 Å². The third kappa shape index (κ3) is 1.43. The summed E-state index contributed by atoms with van der Waals surface area (Å²) in [6, 6.07) is 9.23. The van der Waals surface area contributed by atoms with E-state index in [0.717, 1.165) is 5.56 Å². The highest BCUT2D eigenvalue weighted by molar-refractivity contribution is 5.82. The summed E-state index contributed by atoms with van der Waals surface area (Å²) in [5, 5.41) is 19.3. The molecule has 1 aromatic rings. The zero-order valence-electron chi connectivity index (χ0n) is 9.26. The van der Waals surface area contributed by atoms with Crippen LogP contribution in [0.4, 0.5) is 0 Å². The van der Waals surface area contributed by atoms with Gasteiger partial charge in [-0.05, 0) is 18.4 Å². The molecule has 0 unspecified atom stereocenters. The Morgan fingerprint density at radius 1 is 1.38 bits per heavy atom. The molecule has 1 aliphatic carbocycles. The van der Waals surface area contributed by atoms with Gasteiger partial charge in [-0.15, -0.1) is 0 Å². The highest BCUT2D eigenvalue weighted by atomic mass is 16.4. The van der Waals surface area contributed by atoms with Crippen molar-refractivity contribution >= 4 is 5.97 Å². The van der Waals surface area contributed by atoms with E-state index in [1.807, 2.05) is 37.3 Å². The molecule has 86 valence electrons. The van der Waals surface area contributed by atoms with E-state index in [-0.39, 0.29) is 5.92 Å². The van der Waals surface area contributed by atoms with Crippen LogP contribution in [0.5, 0.6) is 0 Å². The molecule has 1 aliphatic rings. The Bertz CT molecular complexity index is 387. The Morgan fingerprint density at radius 3 is 2.44 bits per heavy atom. The zero-order valence-corrected chi connectivity index (χ0v) is 9.26. The van der Waals surface area contributed by atoms with Crippen LogP contribution >= 0.6 is 0 Å². The summed E-state index contributed by atoms with van der Waals surface area (Å²) in [4.78, 5) is 11.6. The maximum absolute atomic E-state index is 11.6. The summed E-state index contributed by atoms with van der Waals surface area (Å²) < 4.78 is 0. The van der Waals surface area contributed by atoms with Crippen LogP contribution in [0.2, 0.25) is 0 Å². The first-order valence-electron chi connectivity index (χ1n) is 5.56. The summed E-state index contributed by atoms with van der Waals surface area (Å²) in [5.74, 6) is -1.07. The lowest BCUT2D eigenvalue weighted by molar-refractivity contribution is -0.146. The van der Waals surface area contributed by atoms with Crippen molar-refractivity contribution in [3.8, 4) is 0 Å². The molecule has 0 bridgehead atoms. The third-order valence-electron chi connectivity index (χ3n) is 3.86. The van der Waals surface area contributed by atoms with Gasteiger partial charge < -0.3 is 10.2 Å². The summed E-state index contributed by atoms with van der Waals surface area (Å²) in [5.41, 5.74) is -0.118. The second-order valence-corrected chi connectivity index (χ2v) is 4.54. The van der Waals surface area contributed by atoms with Crippen LogP contribution in [0.1, 0.15) is 25.3 Å². The van der Waals surface area contributed by atoms with Crippen molar-refractivity contribution in [2.75, 3.05) is 0 Å². The maximum atomic E-state index is 11.6. The highest BCUT2D eigenvalue weighted by Crippen LogP contribution is 2.45. The predicted molar refractivity (Wildman–Crippen MR) is 60.2 cm³/mol. The van der Waals surface area contributed by atoms with Gasteiger partial charge in [-0.1, -0.05) is 37.3 Å². The summed E-state index contributed by atoms with van der Waals surface area (Å²) in [7, 11) is 0. The molecule has 3 nitrogen and oxygen atoms in total. The zero-order chi connectivity index (χ0) is 11.8. The average molecular weight is 220 g/mol. The van der Waals surface area contributed by atoms with E-state index in [1.54, 1.807) is 0 Å². The number of rotatable bonds is 2. The topological polar surface area (TPSA) is 57.5 Å². The van der Waals surface area contributed by atoms with E-state index in [2.05, 4.69) is 0 Å². The Kier molecular flexibility index (Phi) is 2.72. The number of carboxylic acids is 1. The maximum Gasteiger partial charge on any atom is 0.314 e. The minimum atomic E-state index is -0.916. The van der Waals surface area contributed by atoms with Crippen LogP contribution in [-0.2, 0) is 10.2 Å². The molecule has 1 fully saturated rings. The van der Waals surface area contributed by atoms with Crippen molar-refractivity contribution in [1.82, 2.24) is 0 Å². The fourth-order valence-corrected chi connectivity index (χ4v) is 2.75. The molecule has 1 saturated carbocycles. The van der Waals surface area contributed by atoms with Gasteiger partial charge >= 0.3 is 5.97 Å². The van der Waals surface area contributed by atoms with Gasteiger partial charge in [-0.2, -0.15) is 0 Å². The number of aliphatic hydroxyl groups excluding tert-OH is 1. The number of aliphatic carboxylic acids is 1. The van der Waals surface area contributed by atoms with E-state index in [0.29, 0.717) is 12.8 Å². The molecule has 0 spiro atoms. The molecule has 3 atom stereocenters. The number of hydrogen-bond donors (Lipinski definition) is 2. The SMILES string of the molecule is C[C@@H]1[C@H](O)CC[C@@]1(C(=O)O)c1ccccc1. The molecule has 0 aliphatic heterocycles. The van der Waals surface area contributed by atoms with E-state index < -0.39 is 17.5 Å². The van der Waals surface area contributed by atoms with Crippen molar-refractivity contribution in [3.63, 3.8) is 0 Å². The molecule has 1 aromatic carbocycles. The predicted octanol–water partition coefficient (Wildman–Crippen LogP) is 1.80. The van der Waals surface area contributed by atoms with Crippen LogP contribution < -0.4 is 0 Å². The van der Waals surface area contributed by atoms with Crippen molar-refractivity contribution in [3.05, 3.63) is 35.9 Å². The van der Waals surface area contributed by atoms with Crippen LogP contribution in [0.15, 0.2) is 30.3 Å². The first-order chi connectivity index (χ1) is 7.59. The largest absolute Gasteiger partial charge is 0.481 e. The third-order valence-corrected chi connectivity index (χ3v) is 3.86. The molecular weight excluding hydrogens is 204 g/mol. The second kappa shape index (κ2) is 3.91. The lowest BCUT2D eigenvalue weighted by atomic mass is 9.72. The highest BCUT2D eigenvalue weighted by Gasteiger charge is 2.52. The molecule has 0 radical (unpaired) electrons. The van der Waals surface area contributed by atoms with Gasteiger partial charge in [0.2, 0.25) is 0 Å². The fourth-order valence-electron chi connectivity index (χ4n) is 2.75. The van der Waals surface area contributed by atoms with Crippen molar-refractivity contribution in [1.29, 1.82) is 0 Å². The standard InChI is InChI=1S/C13H16O3/c1-9-11(14)7-8-13(9,12(15)16)10-5-3-2-4-6-10/h2-6,9,11,14H,7-8H2,1H3,(H,15,16)/t9-,11-,13+/m1/s1. The number of hydrogen-bond acceptors (Lipinski definition) is 2. The molecule has 0 amide bonds.